The zero-order valence-corrected chi connectivity index (χ0v) is 18.5. The number of rotatable bonds is 8. The third-order valence-corrected chi connectivity index (χ3v) is 6.33. The Kier molecular flexibility index (Phi) is 5.63. The van der Waals surface area contributed by atoms with Crippen molar-refractivity contribution in [3.05, 3.63) is 87.8 Å². The third kappa shape index (κ3) is 3.72. The molecule has 1 fully saturated rings. The van der Waals surface area contributed by atoms with E-state index in [9.17, 15) is 8.78 Å². The highest BCUT2D eigenvalue weighted by Gasteiger charge is 2.68. The van der Waals surface area contributed by atoms with E-state index < -0.39 is 16.8 Å². The van der Waals surface area contributed by atoms with Crippen LogP contribution in [0.25, 0.3) is 22.0 Å². The minimum Gasteiger partial charge on any atom is -0.402 e. The molecule has 2 aromatic heterocycles. The van der Waals surface area contributed by atoms with E-state index in [1.807, 2.05) is 13.0 Å². The van der Waals surface area contributed by atoms with Crippen LogP contribution in [-0.2, 0) is 18.5 Å². The summed E-state index contributed by atoms with van der Waals surface area (Å²) in [7, 11) is 0. The molecule has 170 valence electrons. The Morgan fingerprint density at radius 1 is 1.33 bits per heavy atom. The predicted molar refractivity (Wildman–Crippen MR) is 120 cm³/mol. The molecule has 1 saturated carbocycles. The second kappa shape index (κ2) is 8.29. The van der Waals surface area contributed by atoms with Crippen molar-refractivity contribution >= 4 is 0 Å². The molecule has 2 N–H and O–H groups in total. The average molecular weight is 450 g/mol. The zero-order valence-electron chi connectivity index (χ0n) is 18.5. The van der Waals surface area contributed by atoms with E-state index in [0.29, 0.717) is 17.7 Å². The van der Waals surface area contributed by atoms with Gasteiger partial charge in [0, 0.05) is 27.3 Å². The van der Waals surface area contributed by atoms with Crippen LogP contribution in [0.15, 0.2) is 53.9 Å². The molecule has 1 aliphatic carbocycles. The highest BCUT2D eigenvalue weighted by Crippen LogP contribution is 2.68. The van der Waals surface area contributed by atoms with Crippen molar-refractivity contribution in [3.8, 4) is 11.5 Å². The van der Waals surface area contributed by atoms with Gasteiger partial charge in [0.1, 0.15) is 17.1 Å². The molecule has 33 heavy (non-hydrogen) atoms. The van der Waals surface area contributed by atoms with Gasteiger partial charge in [-0.25, -0.2) is 18.7 Å². The summed E-state index contributed by atoms with van der Waals surface area (Å²) in [4.78, 5) is 11.4. The van der Waals surface area contributed by atoms with Crippen LogP contribution >= 0.6 is 0 Å². The summed E-state index contributed by atoms with van der Waals surface area (Å²) in [5.74, 6) is -0.834. The van der Waals surface area contributed by atoms with Gasteiger partial charge in [0.15, 0.2) is 11.6 Å². The molecule has 4 rings (SSSR count). The Balaban J connectivity index is 1.77. The number of hydrogen-bond donors (Lipinski definition) is 1. The lowest BCUT2D eigenvalue weighted by atomic mass is 9.96. The van der Waals surface area contributed by atoms with Crippen LogP contribution in [0, 0.1) is 17.0 Å². The van der Waals surface area contributed by atoms with Gasteiger partial charge in [0.2, 0.25) is 0 Å². The summed E-state index contributed by atoms with van der Waals surface area (Å²) in [5.41, 5.74) is 15.0. The largest absolute Gasteiger partial charge is 0.402 e. The van der Waals surface area contributed by atoms with Crippen molar-refractivity contribution < 1.29 is 8.78 Å². The molecular weight excluding hydrogens is 426 g/mol. The first-order valence-corrected chi connectivity index (χ1v) is 10.6. The van der Waals surface area contributed by atoms with Crippen molar-refractivity contribution in [2.24, 2.45) is 16.3 Å². The zero-order chi connectivity index (χ0) is 23.8. The van der Waals surface area contributed by atoms with Crippen molar-refractivity contribution in [2.75, 3.05) is 0 Å². The summed E-state index contributed by atoms with van der Waals surface area (Å²) in [5, 5.41) is 8.45. The van der Waals surface area contributed by atoms with Gasteiger partial charge in [-0.05, 0) is 30.5 Å². The van der Waals surface area contributed by atoms with Gasteiger partial charge in [0.05, 0.1) is 18.4 Å². The Bertz CT molecular complexity index is 1280. The number of halogens is 2. The number of benzene rings is 1. The summed E-state index contributed by atoms with van der Waals surface area (Å²) < 4.78 is 30.8. The Hall–Kier alpha value is -3.78. The minimum absolute atomic E-state index is 0.0416. The van der Waals surface area contributed by atoms with Crippen LogP contribution in [0.3, 0.4) is 0 Å². The van der Waals surface area contributed by atoms with Crippen LogP contribution in [0.5, 0.6) is 0 Å². The fraction of sp³-hybridized carbons (Fsp3) is 0.348. The number of nitrogens with zero attached hydrogens (tertiary/aromatic N) is 7. The maximum Gasteiger partial charge on any atom is 0.180 e. The molecule has 1 aromatic carbocycles. The molecule has 2 heterocycles. The van der Waals surface area contributed by atoms with E-state index >= 15 is 0 Å². The van der Waals surface area contributed by atoms with Gasteiger partial charge < -0.3 is 5.73 Å². The standard InChI is InChI=1S/C23H24F2N8/c1-4-7-16-10-19(30-33(16)12-15-8-5-6-9-17(15)24)21-28-11-18(25)20(29-21)23(31-32-27)13-22(23,3)14(2)26/h5-6,8-11H,2,4,7,12-13,26H2,1,3H3. The first kappa shape index (κ1) is 22.4. The lowest BCUT2D eigenvalue weighted by Gasteiger charge is -2.18. The van der Waals surface area contributed by atoms with E-state index in [2.05, 4.69) is 31.7 Å². The Labute approximate surface area is 189 Å². The molecule has 0 bridgehead atoms. The van der Waals surface area contributed by atoms with Crippen molar-refractivity contribution in [1.29, 1.82) is 0 Å². The number of aromatic nitrogens is 4. The second-order valence-electron chi connectivity index (χ2n) is 8.49. The van der Waals surface area contributed by atoms with Crippen LogP contribution in [0.4, 0.5) is 8.78 Å². The Morgan fingerprint density at radius 3 is 2.73 bits per heavy atom. The molecule has 0 amide bonds. The molecule has 2 unspecified atom stereocenters. The lowest BCUT2D eigenvalue weighted by Crippen LogP contribution is -2.22. The molecule has 0 radical (unpaired) electrons. The van der Waals surface area contributed by atoms with E-state index in [1.165, 1.54) is 6.07 Å². The second-order valence-corrected chi connectivity index (χ2v) is 8.49. The first-order chi connectivity index (χ1) is 15.8. The highest BCUT2D eigenvalue weighted by atomic mass is 19.1. The summed E-state index contributed by atoms with van der Waals surface area (Å²) in [6.45, 7) is 7.80. The molecule has 0 saturated heterocycles. The Morgan fingerprint density at radius 2 is 2.09 bits per heavy atom. The smallest absolute Gasteiger partial charge is 0.180 e. The maximum atomic E-state index is 14.8. The van der Waals surface area contributed by atoms with E-state index in [4.69, 9.17) is 11.3 Å². The molecule has 8 nitrogen and oxygen atoms in total. The number of aryl methyl sites for hydroxylation is 1. The van der Waals surface area contributed by atoms with Crippen molar-refractivity contribution in [1.82, 2.24) is 19.7 Å². The minimum atomic E-state index is -1.28. The topological polar surface area (TPSA) is 118 Å². The van der Waals surface area contributed by atoms with Gasteiger partial charge >= 0.3 is 0 Å². The van der Waals surface area contributed by atoms with E-state index in [1.54, 1.807) is 29.8 Å². The molecule has 0 spiro atoms. The number of hydrogen-bond acceptors (Lipinski definition) is 5. The summed E-state index contributed by atoms with van der Waals surface area (Å²) in [6, 6.07) is 8.33. The van der Waals surface area contributed by atoms with Gasteiger partial charge in [-0.1, -0.05) is 50.2 Å². The van der Waals surface area contributed by atoms with E-state index in [0.717, 1.165) is 18.3 Å². The van der Waals surface area contributed by atoms with Crippen LogP contribution in [-0.4, -0.2) is 19.7 Å². The third-order valence-electron chi connectivity index (χ3n) is 6.33. The van der Waals surface area contributed by atoms with E-state index in [-0.39, 0.29) is 36.0 Å². The quantitative estimate of drug-likeness (QED) is 0.295. The first-order valence-electron chi connectivity index (χ1n) is 10.6. The fourth-order valence-corrected chi connectivity index (χ4v) is 4.19. The van der Waals surface area contributed by atoms with Crippen LogP contribution in [0.1, 0.15) is 43.6 Å². The number of azide groups is 1. The molecule has 3 aromatic rings. The molecular formula is C23H24F2N8. The normalized spacial score (nSPS) is 21.5. The van der Waals surface area contributed by atoms with Gasteiger partial charge in [0.25, 0.3) is 0 Å². The molecule has 0 aliphatic heterocycles. The summed E-state index contributed by atoms with van der Waals surface area (Å²) >= 11 is 0. The van der Waals surface area contributed by atoms with Gasteiger partial charge in [-0.3, -0.25) is 4.68 Å². The average Bonchev–Trinajstić information content (AvgIpc) is 3.21. The fourth-order valence-electron chi connectivity index (χ4n) is 4.19. The van der Waals surface area contributed by atoms with Gasteiger partial charge in [-0.15, -0.1) is 0 Å². The molecule has 2 atom stereocenters. The van der Waals surface area contributed by atoms with Crippen molar-refractivity contribution in [2.45, 2.75) is 45.2 Å². The van der Waals surface area contributed by atoms with Gasteiger partial charge in [-0.2, -0.15) is 5.10 Å². The molecule has 10 heteroatoms. The monoisotopic (exact) mass is 450 g/mol. The van der Waals surface area contributed by atoms with Crippen LogP contribution < -0.4 is 5.73 Å². The SMILES string of the molecule is C=C(N)C1(C)CC1(N=[N+]=[N-])c1nc(-c2cc(CCC)n(Cc3ccccc3F)n2)ncc1F. The predicted octanol–water partition coefficient (Wildman–Crippen LogP) is 5.01. The highest BCUT2D eigenvalue weighted by molar-refractivity contribution is 5.51. The summed E-state index contributed by atoms with van der Waals surface area (Å²) in [6.07, 6.45) is 2.90. The number of nitrogens with two attached hydrogens (primary N) is 1. The van der Waals surface area contributed by atoms with Crippen LogP contribution in [0.2, 0.25) is 0 Å². The van der Waals surface area contributed by atoms with Crippen molar-refractivity contribution in [3.63, 3.8) is 0 Å². The molecule has 1 aliphatic rings. The maximum absolute atomic E-state index is 14.8. The lowest BCUT2D eigenvalue weighted by molar-refractivity contribution is 0.480.